The van der Waals surface area contributed by atoms with Crippen LogP contribution in [0.15, 0.2) is 22.1 Å². The van der Waals surface area contributed by atoms with Gasteiger partial charge in [0, 0.05) is 11.6 Å². The summed E-state index contributed by atoms with van der Waals surface area (Å²) in [6, 6.07) is -0.691. The molecule has 7 nitrogen and oxygen atoms in total. The van der Waals surface area contributed by atoms with Crippen LogP contribution in [0.2, 0.25) is 0 Å². The van der Waals surface area contributed by atoms with Crippen molar-refractivity contribution in [2.24, 2.45) is 15.9 Å². The van der Waals surface area contributed by atoms with E-state index in [0.29, 0.717) is 22.9 Å². The maximum absolute atomic E-state index is 11.4. The van der Waals surface area contributed by atoms with Gasteiger partial charge >= 0.3 is 6.03 Å². The van der Waals surface area contributed by atoms with Crippen molar-refractivity contribution < 1.29 is 19.6 Å². The van der Waals surface area contributed by atoms with Gasteiger partial charge in [0.1, 0.15) is 5.78 Å². The fourth-order valence-electron chi connectivity index (χ4n) is 1.98. The van der Waals surface area contributed by atoms with E-state index >= 15 is 0 Å². The molecule has 0 aromatic heterocycles. The summed E-state index contributed by atoms with van der Waals surface area (Å²) in [5.41, 5.74) is 1.10. The molecule has 0 aromatic carbocycles. The van der Waals surface area contributed by atoms with E-state index < -0.39 is 11.9 Å². The zero-order chi connectivity index (χ0) is 14.0. The van der Waals surface area contributed by atoms with Gasteiger partial charge in [0.25, 0.3) is 5.91 Å². The maximum Gasteiger partial charge on any atom is 0.367 e. The van der Waals surface area contributed by atoms with Crippen molar-refractivity contribution in [3.8, 4) is 0 Å². The normalized spacial score (nSPS) is 24.2. The number of carbonyl (C=O) groups excluding carboxylic acids is 3. The average molecular weight is 263 g/mol. The predicted octanol–water partition coefficient (Wildman–Crippen LogP) is 0.775. The van der Waals surface area contributed by atoms with Crippen LogP contribution in [-0.2, 0) is 9.59 Å². The van der Waals surface area contributed by atoms with E-state index in [-0.39, 0.29) is 24.7 Å². The highest BCUT2D eigenvalue weighted by Gasteiger charge is 2.30. The minimum Gasteiger partial charge on any atom is -0.299 e. The molecular formula is C12H13N3O4. The number of Topliss-reactive ketones (excluding diaryl/α,β-unsaturated/α-hetero) is 1. The lowest BCUT2D eigenvalue weighted by atomic mass is 9.90. The average Bonchev–Trinajstić information content (AvgIpc) is 2.30. The molecule has 1 atom stereocenters. The Kier molecular flexibility index (Phi) is 3.66. The summed E-state index contributed by atoms with van der Waals surface area (Å²) in [6.45, 7) is 1.46. The van der Waals surface area contributed by atoms with Gasteiger partial charge < -0.3 is 0 Å². The second-order valence-corrected chi connectivity index (χ2v) is 4.51. The number of carbonyl (C=O) groups is 3. The number of aliphatic imine (C=N–C) groups is 2. The van der Waals surface area contributed by atoms with Crippen molar-refractivity contribution >= 4 is 29.1 Å². The highest BCUT2D eigenvalue weighted by Crippen LogP contribution is 2.20. The van der Waals surface area contributed by atoms with E-state index in [9.17, 15) is 19.6 Å². The summed E-state index contributed by atoms with van der Waals surface area (Å²) in [5, 5.41) is 9.85. The van der Waals surface area contributed by atoms with Gasteiger partial charge in [-0.15, -0.1) is 0 Å². The fourth-order valence-corrected chi connectivity index (χ4v) is 1.98. The lowest BCUT2D eigenvalue weighted by Gasteiger charge is -2.28. The SMILES string of the molecule is CC(=O)CC(=O)N=C1C=CC2=NC(=O)N(O)CC2C1. The van der Waals surface area contributed by atoms with Crippen LogP contribution in [-0.4, -0.2) is 46.0 Å². The molecule has 2 rings (SSSR count). The number of hydroxylamine groups is 2. The number of hydrogen-bond acceptors (Lipinski definition) is 4. The first-order valence-electron chi connectivity index (χ1n) is 5.82. The second-order valence-electron chi connectivity index (χ2n) is 4.51. The van der Waals surface area contributed by atoms with Crippen molar-refractivity contribution in [3.63, 3.8) is 0 Å². The van der Waals surface area contributed by atoms with E-state index in [2.05, 4.69) is 9.98 Å². The Bertz CT molecular complexity index is 533. The summed E-state index contributed by atoms with van der Waals surface area (Å²) >= 11 is 0. The third-order valence-electron chi connectivity index (χ3n) is 2.83. The molecule has 1 unspecified atom stereocenters. The number of ketones is 1. The molecule has 0 fully saturated rings. The molecule has 1 aliphatic heterocycles. The molecule has 3 amide bonds. The van der Waals surface area contributed by atoms with E-state index in [1.807, 2.05) is 0 Å². The number of fused-ring (bicyclic) bond motifs is 1. The molecule has 0 saturated carbocycles. The van der Waals surface area contributed by atoms with Crippen LogP contribution in [0, 0.1) is 5.92 Å². The van der Waals surface area contributed by atoms with Crippen molar-refractivity contribution in [3.05, 3.63) is 12.2 Å². The van der Waals surface area contributed by atoms with Crippen molar-refractivity contribution in [2.45, 2.75) is 19.8 Å². The smallest absolute Gasteiger partial charge is 0.299 e. The molecule has 19 heavy (non-hydrogen) atoms. The number of hydrogen-bond donors (Lipinski definition) is 1. The number of urea groups is 1. The molecule has 0 aromatic rings. The van der Waals surface area contributed by atoms with Crippen molar-refractivity contribution in [1.29, 1.82) is 0 Å². The number of rotatable bonds is 2. The topological polar surface area (TPSA) is 99.4 Å². The van der Waals surface area contributed by atoms with E-state index in [1.54, 1.807) is 12.2 Å². The monoisotopic (exact) mass is 263 g/mol. The van der Waals surface area contributed by atoms with Gasteiger partial charge in [-0.25, -0.2) is 14.9 Å². The fraction of sp³-hybridized carbons (Fsp3) is 0.417. The van der Waals surface area contributed by atoms with Crippen LogP contribution in [0.3, 0.4) is 0 Å². The molecule has 0 radical (unpaired) electrons. The minimum atomic E-state index is -0.691. The zero-order valence-corrected chi connectivity index (χ0v) is 10.4. The van der Waals surface area contributed by atoms with Crippen molar-refractivity contribution in [1.82, 2.24) is 5.06 Å². The van der Waals surface area contributed by atoms with Gasteiger partial charge in [-0.3, -0.25) is 14.8 Å². The Morgan fingerprint density at radius 1 is 1.53 bits per heavy atom. The molecule has 1 aliphatic carbocycles. The summed E-state index contributed by atoms with van der Waals surface area (Å²) in [6.07, 6.45) is 3.41. The Labute approximate surface area is 109 Å². The largest absolute Gasteiger partial charge is 0.367 e. The van der Waals surface area contributed by atoms with Crippen LogP contribution in [0.1, 0.15) is 19.8 Å². The second kappa shape index (κ2) is 5.23. The molecule has 1 heterocycles. The van der Waals surface area contributed by atoms with Gasteiger partial charge in [-0.05, 0) is 25.5 Å². The zero-order valence-electron chi connectivity index (χ0n) is 10.4. The first-order chi connectivity index (χ1) is 8.95. The Balaban J connectivity index is 2.14. The molecule has 1 N–H and O–H groups in total. The summed E-state index contributed by atoms with van der Waals surface area (Å²) in [7, 11) is 0. The molecule has 2 aliphatic rings. The summed E-state index contributed by atoms with van der Waals surface area (Å²) < 4.78 is 0. The van der Waals surface area contributed by atoms with Gasteiger partial charge in [-0.1, -0.05) is 0 Å². The van der Waals surface area contributed by atoms with E-state index in [1.165, 1.54) is 6.92 Å². The number of allylic oxidation sites excluding steroid dienone is 2. The van der Waals surface area contributed by atoms with Crippen LogP contribution in [0.25, 0.3) is 0 Å². The Morgan fingerprint density at radius 3 is 2.95 bits per heavy atom. The van der Waals surface area contributed by atoms with Crippen LogP contribution >= 0.6 is 0 Å². The predicted molar refractivity (Wildman–Crippen MR) is 66.3 cm³/mol. The number of amides is 3. The first-order valence-corrected chi connectivity index (χ1v) is 5.82. The molecule has 0 saturated heterocycles. The molecule has 0 spiro atoms. The first kappa shape index (κ1) is 13.3. The molecule has 0 bridgehead atoms. The van der Waals surface area contributed by atoms with Crippen molar-refractivity contribution in [2.75, 3.05) is 6.54 Å². The van der Waals surface area contributed by atoms with E-state index in [4.69, 9.17) is 0 Å². The van der Waals surface area contributed by atoms with Gasteiger partial charge in [-0.2, -0.15) is 4.99 Å². The molecule has 100 valence electrons. The third kappa shape index (κ3) is 3.19. The van der Waals surface area contributed by atoms with Gasteiger partial charge in [0.15, 0.2) is 0 Å². The third-order valence-corrected chi connectivity index (χ3v) is 2.83. The lowest BCUT2D eigenvalue weighted by molar-refractivity contribution is -0.125. The summed E-state index contributed by atoms with van der Waals surface area (Å²) in [5.74, 6) is -0.891. The van der Waals surface area contributed by atoms with E-state index in [0.717, 1.165) is 0 Å². The lowest BCUT2D eigenvalue weighted by Crippen LogP contribution is -2.41. The van der Waals surface area contributed by atoms with Crippen LogP contribution in [0.5, 0.6) is 0 Å². The molecular weight excluding hydrogens is 250 g/mol. The van der Waals surface area contributed by atoms with Crippen LogP contribution < -0.4 is 0 Å². The molecule has 7 heteroatoms. The van der Waals surface area contributed by atoms with Crippen LogP contribution in [0.4, 0.5) is 4.79 Å². The minimum absolute atomic E-state index is 0.127. The summed E-state index contributed by atoms with van der Waals surface area (Å²) in [4.78, 5) is 40.9. The van der Waals surface area contributed by atoms with Gasteiger partial charge in [0.05, 0.1) is 18.7 Å². The highest BCUT2D eigenvalue weighted by atomic mass is 16.5. The number of nitrogens with zero attached hydrogens (tertiary/aromatic N) is 3. The maximum atomic E-state index is 11.4. The highest BCUT2D eigenvalue weighted by molar-refractivity contribution is 6.16. The Morgan fingerprint density at radius 2 is 2.26 bits per heavy atom. The quantitative estimate of drug-likeness (QED) is 0.587. The Hall–Kier alpha value is -2.15. The van der Waals surface area contributed by atoms with Gasteiger partial charge in [0.2, 0.25) is 0 Å². The standard InChI is InChI=1S/C12H13N3O4/c1-7(16)4-11(17)13-9-2-3-10-8(5-9)6-15(19)12(18)14-10/h2-3,8,19H,4-6H2,1H3.